The van der Waals surface area contributed by atoms with Crippen molar-refractivity contribution >= 4 is 27.7 Å². The van der Waals surface area contributed by atoms with Gasteiger partial charge in [-0.3, -0.25) is 10.1 Å². The molecule has 3 rings (SSSR count). The highest BCUT2D eigenvalue weighted by atomic mass is 79.9. The van der Waals surface area contributed by atoms with E-state index in [0.717, 1.165) is 11.1 Å². The fraction of sp³-hybridized carbons (Fsp3) is 0.0588. The van der Waals surface area contributed by atoms with E-state index in [1.165, 1.54) is 0 Å². The summed E-state index contributed by atoms with van der Waals surface area (Å²) in [7, 11) is 0. The van der Waals surface area contributed by atoms with Crippen LogP contribution in [-0.2, 0) is 0 Å². The number of hydrogen-bond donors (Lipinski definition) is 1. The molecule has 4 nitrogen and oxygen atoms in total. The number of hydrogen-bond acceptors (Lipinski definition) is 3. The second-order valence-electron chi connectivity index (χ2n) is 4.81. The average molecular weight is 357 g/mol. The maximum atomic E-state index is 12.2. The zero-order valence-electron chi connectivity index (χ0n) is 11.8. The van der Waals surface area contributed by atoms with E-state index in [4.69, 9.17) is 4.52 Å². The Morgan fingerprint density at radius 1 is 1.05 bits per heavy atom. The molecule has 0 aliphatic heterocycles. The minimum absolute atomic E-state index is 0.239. The first-order chi connectivity index (χ1) is 10.6. The Kier molecular flexibility index (Phi) is 4.06. The van der Waals surface area contributed by atoms with Crippen molar-refractivity contribution in [1.29, 1.82) is 0 Å². The molecule has 22 heavy (non-hydrogen) atoms. The minimum atomic E-state index is -0.239. The summed E-state index contributed by atoms with van der Waals surface area (Å²) in [6, 6.07) is 17.4. The number of rotatable bonds is 3. The van der Waals surface area contributed by atoms with Gasteiger partial charge in [-0.05, 0) is 46.1 Å². The molecule has 0 spiro atoms. The number of nitrogens with one attached hydrogen (secondary N) is 1. The van der Waals surface area contributed by atoms with Crippen molar-refractivity contribution in [3.8, 4) is 11.1 Å². The molecule has 0 radical (unpaired) electrons. The second kappa shape index (κ2) is 6.15. The van der Waals surface area contributed by atoms with Gasteiger partial charge in [0.05, 0.1) is 5.69 Å². The van der Waals surface area contributed by atoms with Crippen LogP contribution in [0.1, 0.15) is 16.1 Å². The molecular weight excluding hydrogens is 344 g/mol. The van der Waals surface area contributed by atoms with Gasteiger partial charge in [0.1, 0.15) is 4.47 Å². The number of carbonyl (C=O) groups is 1. The molecule has 0 saturated heterocycles. The molecule has 1 amide bonds. The minimum Gasteiger partial charge on any atom is -0.337 e. The Balaban J connectivity index is 1.78. The van der Waals surface area contributed by atoms with Crippen molar-refractivity contribution in [2.75, 3.05) is 5.32 Å². The molecule has 2 aromatic carbocycles. The maximum absolute atomic E-state index is 12.2. The van der Waals surface area contributed by atoms with Gasteiger partial charge in [0.2, 0.25) is 5.88 Å². The van der Waals surface area contributed by atoms with Crippen LogP contribution < -0.4 is 5.32 Å². The van der Waals surface area contributed by atoms with Crippen LogP contribution in [0, 0.1) is 6.92 Å². The van der Waals surface area contributed by atoms with E-state index in [1.54, 1.807) is 19.1 Å². The predicted molar refractivity (Wildman–Crippen MR) is 88.8 cm³/mol. The molecule has 0 fully saturated rings. The van der Waals surface area contributed by atoms with E-state index in [-0.39, 0.29) is 5.91 Å². The number of nitrogens with zero attached hydrogens (tertiary/aromatic N) is 1. The highest BCUT2D eigenvalue weighted by molar-refractivity contribution is 9.10. The summed E-state index contributed by atoms with van der Waals surface area (Å²) in [6.07, 6.45) is 0. The van der Waals surface area contributed by atoms with E-state index in [9.17, 15) is 4.79 Å². The van der Waals surface area contributed by atoms with Crippen molar-refractivity contribution in [3.05, 3.63) is 70.3 Å². The van der Waals surface area contributed by atoms with Crippen molar-refractivity contribution in [3.63, 3.8) is 0 Å². The lowest BCUT2D eigenvalue weighted by Crippen LogP contribution is -2.11. The zero-order valence-corrected chi connectivity index (χ0v) is 13.4. The van der Waals surface area contributed by atoms with Gasteiger partial charge in [-0.1, -0.05) is 47.6 Å². The maximum Gasteiger partial charge on any atom is 0.258 e. The summed E-state index contributed by atoms with van der Waals surface area (Å²) in [5.41, 5.74) is 3.42. The number of benzene rings is 2. The van der Waals surface area contributed by atoms with Crippen LogP contribution in [0.2, 0.25) is 0 Å². The summed E-state index contributed by atoms with van der Waals surface area (Å²) in [6.45, 7) is 1.79. The van der Waals surface area contributed by atoms with Crippen LogP contribution in [-0.4, -0.2) is 11.1 Å². The normalized spacial score (nSPS) is 10.5. The molecule has 1 aromatic heterocycles. The molecular formula is C17H13BrN2O2. The third kappa shape index (κ3) is 2.94. The molecule has 1 heterocycles. The van der Waals surface area contributed by atoms with Gasteiger partial charge in [-0.15, -0.1) is 0 Å². The van der Waals surface area contributed by atoms with Crippen molar-refractivity contribution < 1.29 is 9.32 Å². The lowest BCUT2D eigenvalue weighted by Gasteiger charge is -2.04. The standard InChI is InChI=1S/C17H13BrN2O2/c1-11-15(18)17(22-20-11)19-16(21)14-9-7-13(8-10-14)12-5-3-2-4-6-12/h2-10H,1H3,(H,19,21). The SMILES string of the molecule is Cc1noc(NC(=O)c2ccc(-c3ccccc3)cc2)c1Br. The number of amides is 1. The van der Waals surface area contributed by atoms with Gasteiger partial charge >= 0.3 is 0 Å². The van der Waals surface area contributed by atoms with E-state index in [1.807, 2.05) is 42.5 Å². The van der Waals surface area contributed by atoms with Gasteiger partial charge in [-0.2, -0.15) is 0 Å². The van der Waals surface area contributed by atoms with E-state index in [0.29, 0.717) is 21.6 Å². The number of aromatic nitrogens is 1. The highest BCUT2D eigenvalue weighted by Gasteiger charge is 2.14. The predicted octanol–water partition coefficient (Wildman–Crippen LogP) is 4.66. The smallest absolute Gasteiger partial charge is 0.258 e. The Labute approximate surface area is 136 Å². The largest absolute Gasteiger partial charge is 0.337 e. The van der Waals surface area contributed by atoms with Crippen molar-refractivity contribution in [2.24, 2.45) is 0 Å². The van der Waals surface area contributed by atoms with E-state index < -0.39 is 0 Å². The summed E-state index contributed by atoms with van der Waals surface area (Å²) < 4.78 is 5.71. The summed E-state index contributed by atoms with van der Waals surface area (Å²) >= 11 is 3.32. The Morgan fingerprint density at radius 2 is 1.68 bits per heavy atom. The Bertz CT molecular complexity index is 795. The quantitative estimate of drug-likeness (QED) is 0.741. The van der Waals surface area contributed by atoms with E-state index in [2.05, 4.69) is 26.4 Å². The van der Waals surface area contributed by atoms with Crippen LogP contribution in [0.5, 0.6) is 0 Å². The highest BCUT2D eigenvalue weighted by Crippen LogP contribution is 2.26. The zero-order chi connectivity index (χ0) is 15.5. The van der Waals surface area contributed by atoms with E-state index >= 15 is 0 Å². The van der Waals surface area contributed by atoms with Crippen LogP contribution in [0.4, 0.5) is 5.88 Å². The van der Waals surface area contributed by atoms with Crippen molar-refractivity contribution in [1.82, 2.24) is 5.16 Å². The fourth-order valence-electron chi connectivity index (χ4n) is 2.06. The molecule has 0 unspecified atom stereocenters. The second-order valence-corrected chi connectivity index (χ2v) is 5.60. The first kappa shape index (κ1) is 14.5. The van der Waals surface area contributed by atoms with Crippen LogP contribution >= 0.6 is 15.9 Å². The molecule has 1 N–H and O–H groups in total. The number of halogens is 1. The first-order valence-electron chi connectivity index (χ1n) is 6.74. The molecule has 0 bridgehead atoms. The number of aryl methyl sites for hydroxylation is 1. The van der Waals surface area contributed by atoms with Crippen LogP contribution in [0.25, 0.3) is 11.1 Å². The van der Waals surface area contributed by atoms with Gasteiger partial charge in [0, 0.05) is 5.56 Å². The van der Waals surface area contributed by atoms with Gasteiger partial charge in [0.15, 0.2) is 0 Å². The first-order valence-corrected chi connectivity index (χ1v) is 7.53. The molecule has 5 heteroatoms. The Morgan fingerprint density at radius 3 is 2.27 bits per heavy atom. The molecule has 110 valence electrons. The third-order valence-corrected chi connectivity index (χ3v) is 4.21. The molecule has 0 aliphatic carbocycles. The number of anilines is 1. The molecule has 0 aliphatic rings. The monoisotopic (exact) mass is 356 g/mol. The topological polar surface area (TPSA) is 55.1 Å². The van der Waals surface area contributed by atoms with Gasteiger partial charge < -0.3 is 4.52 Å². The summed E-state index contributed by atoms with van der Waals surface area (Å²) in [5, 5.41) is 6.47. The third-order valence-electron chi connectivity index (χ3n) is 3.27. The molecule has 0 saturated carbocycles. The van der Waals surface area contributed by atoms with Gasteiger partial charge in [0.25, 0.3) is 5.91 Å². The number of carbonyl (C=O) groups excluding carboxylic acids is 1. The summed E-state index contributed by atoms with van der Waals surface area (Å²) in [5.74, 6) is 0.0751. The molecule has 0 atom stereocenters. The fourth-order valence-corrected chi connectivity index (χ4v) is 2.30. The average Bonchev–Trinajstić information content (AvgIpc) is 2.88. The lowest BCUT2D eigenvalue weighted by atomic mass is 10.0. The Hall–Kier alpha value is -2.40. The van der Waals surface area contributed by atoms with Crippen molar-refractivity contribution in [2.45, 2.75) is 6.92 Å². The lowest BCUT2D eigenvalue weighted by molar-refractivity contribution is 0.102. The molecule has 3 aromatic rings. The van der Waals surface area contributed by atoms with Gasteiger partial charge in [-0.25, -0.2) is 0 Å². The van der Waals surface area contributed by atoms with Crippen LogP contribution in [0.15, 0.2) is 63.6 Å². The van der Waals surface area contributed by atoms with Crippen LogP contribution in [0.3, 0.4) is 0 Å². The summed E-state index contributed by atoms with van der Waals surface area (Å²) in [4.78, 5) is 12.2.